The Morgan fingerprint density at radius 1 is 1.33 bits per heavy atom. The summed E-state index contributed by atoms with van der Waals surface area (Å²) < 4.78 is 14.0. The Kier molecular flexibility index (Phi) is 3.68. The molecule has 1 N–H and O–H groups in total. The Labute approximate surface area is 116 Å². The first-order valence-corrected chi connectivity index (χ1v) is 7.38. The molecule has 2 nitrogen and oxygen atoms in total. The summed E-state index contributed by atoms with van der Waals surface area (Å²) in [4.78, 5) is 2.46. The minimum Gasteiger partial charge on any atom is -0.316 e. The zero-order valence-electron chi connectivity index (χ0n) is 10.3. The smallest absolute Gasteiger partial charge is 0.137 e. The van der Waals surface area contributed by atoms with Crippen molar-refractivity contribution in [3.05, 3.63) is 34.1 Å². The molecule has 98 valence electrons. The van der Waals surface area contributed by atoms with Gasteiger partial charge in [-0.05, 0) is 71.5 Å². The van der Waals surface area contributed by atoms with E-state index in [1.807, 2.05) is 6.07 Å². The Morgan fingerprint density at radius 2 is 2.17 bits per heavy atom. The fourth-order valence-electron chi connectivity index (χ4n) is 3.15. The molecule has 0 radical (unpaired) electrons. The summed E-state index contributed by atoms with van der Waals surface area (Å²) in [7, 11) is 0. The molecule has 2 saturated heterocycles. The quantitative estimate of drug-likeness (QED) is 0.903. The van der Waals surface area contributed by atoms with Gasteiger partial charge in [0.15, 0.2) is 0 Å². The van der Waals surface area contributed by atoms with Gasteiger partial charge in [-0.2, -0.15) is 0 Å². The summed E-state index contributed by atoms with van der Waals surface area (Å²) in [6.07, 6.45) is 1.27. The van der Waals surface area contributed by atoms with Crippen molar-refractivity contribution in [3.63, 3.8) is 0 Å². The average Bonchev–Trinajstić information content (AvgIpc) is 2.81. The number of fused-ring (bicyclic) bond motifs is 1. The second kappa shape index (κ2) is 5.27. The molecular formula is C14H18BrFN2. The molecule has 0 saturated carbocycles. The summed E-state index contributed by atoms with van der Waals surface area (Å²) in [6, 6.07) is 5.45. The zero-order valence-corrected chi connectivity index (χ0v) is 11.9. The lowest BCUT2D eigenvalue weighted by Gasteiger charge is -2.34. The van der Waals surface area contributed by atoms with E-state index in [2.05, 4.69) is 26.1 Å². The predicted molar refractivity (Wildman–Crippen MR) is 73.8 cm³/mol. The molecule has 2 aliphatic heterocycles. The maximum Gasteiger partial charge on any atom is 0.137 e. The third-order valence-corrected chi connectivity index (χ3v) is 4.82. The lowest BCUT2D eigenvalue weighted by molar-refractivity contribution is 0.142. The van der Waals surface area contributed by atoms with E-state index < -0.39 is 0 Å². The van der Waals surface area contributed by atoms with Crippen molar-refractivity contribution >= 4 is 15.9 Å². The minimum atomic E-state index is -0.162. The van der Waals surface area contributed by atoms with Gasteiger partial charge < -0.3 is 5.32 Å². The Hall–Kier alpha value is -0.450. The maximum atomic E-state index is 13.5. The van der Waals surface area contributed by atoms with Crippen LogP contribution in [0.1, 0.15) is 12.0 Å². The summed E-state index contributed by atoms with van der Waals surface area (Å²) in [5.74, 6) is 1.49. The van der Waals surface area contributed by atoms with E-state index in [-0.39, 0.29) is 5.82 Å². The standard InChI is InChI=1S/C14H18BrFN2/c15-13-2-1-10(5-14(13)16)8-18-4-3-11-6-17-7-12(11)9-18/h1-2,5,11-12,17H,3-4,6-9H2. The van der Waals surface area contributed by atoms with Crippen LogP contribution in [0.5, 0.6) is 0 Å². The van der Waals surface area contributed by atoms with Gasteiger partial charge in [0.1, 0.15) is 5.82 Å². The Balaban J connectivity index is 1.64. The normalized spacial score (nSPS) is 28.3. The van der Waals surface area contributed by atoms with E-state index in [0.717, 1.165) is 43.6 Å². The van der Waals surface area contributed by atoms with Gasteiger partial charge in [0, 0.05) is 13.1 Å². The second-order valence-electron chi connectivity index (χ2n) is 5.45. The molecule has 1 aromatic rings. The van der Waals surface area contributed by atoms with Crippen LogP contribution >= 0.6 is 15.9 Å². The molecular weight excluding hydrogens is 295 g/mol. The van der Waals surface area contributed by atoms with Crippen LogP contribution in [0.4, 0.5) is 4.39 Å². The summed E-state index contributed by atoms with van der Waals surface area (Å²) in [5, 5.41) is 3.47. The number of hydrogen-bond acceptors (Lipinski definition) is 2. The largest absolute Gasteiger partial charge is 0.316 e. The van der Waals surface area contributed by atoms with E-state index in [1.165, 1.54) is 13.0 Å². The number of nitrogens with zero attached hydrogens (tertiary/aromatic N) is 1. The van der Waals surface area contributed by atoms with E-state index in [9.17, 15) is 4.39 Å². The fraction of sp³-hybridized carbons (Fsp3) is 0.571. The Morgan fingerprint density at radius 3 is 3.00 bits per heavy atom. The van der Waals surface area contributed by atoms with Crippen LogP contribution in [-0.4, -0.2) is 31.1 Å². The zero-order chi connectivity index (χ0) is 12.5. The van der Waals surface area contributed by atoms with Gasteiger partial charge in [-0.1, -0.05) is 6.07 Å². The number of piperidine rings is 1. The highest BCUT2D eigenvalue weighted by atomic mass is 79.9. The second-order valence-corrected chi connectivity index (χ2v) is 6.30. The third kappa shape index (κ3) is 2.60. The molecule has 2 atom stereocenters. The van der Waals surface area contributed by atoms with Crippen molar-refractivity contribution in [2.75, 3.05) is 26.2 Å². The minimum absolute atomic E-state index is 0.162. The van der Waals surface area contributed by atoms with Crippen LogP contribution in [0.15, 0.2) is 22.7 Å². The molecule has 3 rings (SSSR count). The number of halogens is 2. The molecule has 0 amide bonds. The topological polar surface area (TPSA) is 15.3 Å². The van der Waals surface area contributed by atoms with Gasteiger partial charge in [-0.3, -0.25) is 4.90 Å². The third-order valence-electron chi connectivity index (χ3n) is 4.18. The SMILES string of the molecule is Fc1cc(CN2CCC3CNCC3C2)ccc1Br. The first kappa shape index (κ1) is 12.6. The van der Waals surface area contributed by atoms with Gasteiger partial charge in [0.05, 0.1) is 4.47 Å². The molecule has 2 fully saturated rings. The van der Waals surface area contributed by atoms with Crippen molar-refractivity contribution in [2.24, 2.45) is 11.8 Å². The van der Waals surface area contributed by atoms with Crippen LogP contribution in [0.2, 0.25) is 0 Å². The van der Waals surface area contributed by atoms with E-state index >= 15 is 0 Å². The molecule has 0 aliphatic carbocycles. The van der Waals surface area contributed by atoms with Gasteiger partial charge >= 0.3 is 0 Å². The highest BCUT2D eigenvalue weighted by Gasteiger charge is 2.32. The van der Waals surface area contributed by atoms with Crippen molar-refractivity contribution in [2.45, 2.75) is 13.0 Å². The maximum absolute atomic E-state index is 13.5. The first-order chi connectivity index (χ1) is 8.72. The molecule has 2 unspecified atom stereocenters. The lowest BCUT2D eigenvalue weighted by Crippen LogP contribution is -2.39. The molecule has 0 spiro atoms. The number of hydrogen-bond donors (Lipinski definition) is 1. The highest BCUT2D eigenvalue weighted by Crippen LogP contribution is 2.27. The fourth-order valence-corrected chi connectivity index (χ4v) is 3.40. The van der Waals surface area contributed by atoms with Crippen molar-refractivity contribution in [3.8, 4) is 0 Å². The van der Waals surface area contributed by atoms with Crippen molar-refractivity contribution < 1.29 is 4.39 Å². The molecule has 0 aromatic heterocycles. The van der Waals surface area contributed by atoms with Crippen LogP contribution in [0, 0.1) is 17.7 Å². The summed E-state index contributed by atoms with van der Waals surface area (Å²) in [6.45, 7) is 5.49. The predicted octanol–water partition coefficient (Wildman–Crippen LogP) is 2.63. The Bertz CT molecular complexity index is 438. The average molecular weight is 313 g/mol. The van der Waals surface area contributed by atoms with E-state index in [4.69, 9.17) is 0 Å². The van der Waals surface area contributed by atoms with E-state index in [0.29, 0.717) is 4.47 Å². The van der Waals surface area contributed by atoms with Crippen molar-refractivity contribution in [1.82, 2.24) is 10.2 Å². The van der Waals surface area contributed by atoms with E-state index in [1.54, 1.807) is 12.1 Å². The molecule has 2 aliphatic rings. The van der Waals surface area contributed by atoms with Crippen LogP contribution in [0.25, 0.3) is 0 Å². The molecule has 2 heterocycles. The van der Waals surface area contributed by atoms with Crippen LogP contribution in [-0.2, 0) is 6.54 Å². The van der Waals surface area contributed by atoms with Gasteiger partial charge in [-0.15, -0.1) is 0 Å². The van der Waals surface area contributed by atoms with Gasteiger partial charge in [-0.25, -0.2) is 4.39 Å². The molecule has 18 heavy (non-hydrogen) atoms. The number of likely N-dealkylation sites (tertiary alicyclic amines) is 1. The van der Waals surface area contributed by atoms with Gasteiger partial charge in [0.2, 0.25) is 0 Å². The number of rotatable bonds is 2. The lowest BCUT2D eigenvalue weighted by atomic mass is 9.88. The molecule has 0 bridgehead atoms. The molecule has 1 aromatic carbocycles. The number of nitrogens with one attached hydrogen (secondary N) is 1. The summed E-state index contributed by atoms with van der Waals surface area (Å²) >= 11 is 3.19. The highest BCUT2D eigenvalue weighted by molar-refractivity contribution is 9.10. The number of benzene rings is 1. The first-order valence-electron chi connectivity index (χ1n) is 6.59. The monoisotopic (exact) mass is 312 g/mol. The van der Waals surface area contributed by atoms with Crippen molar-refractivity contribution in [1.29, 1.82) is 0 Å². The van der Waals surface area contributed by atoms with Crippen LogP contribution in [0.3, 0.4) is 0 Å². The summed E-state index contributed by atoms with van der Waals surface area (Å²) in [5.41, 5.74) is 1.07. The van der Waals surface area contributed by atoms with Crippen LogP contribution < -0.4 is 5.32 Å². The van der Waals surface area contributed by atoms with Gasteiger partial charge in [0.25, 0.3) is 0 Å². The molecule has 4 heteroatoms.